The van der Waals surface area contributed by atoms with Gasteiger partial charge in [0, 0.05) is 23.4 Å². The average molecular weight is 450 g/mol. The van der Waals surface area contributed by atoms with Gasteiger partial charge in [-0.2, -0.15) is 13.2 Å². The van der Waals surface area contributed by atoms with Gasteiger partial charge in [0.05, 0.1) is 11.3 Å². The van der Waals surface area contributed by atoms with Crippen molar-refractivity contribution in [3.8, 4) is 0 Å². The molecule has 0 unspecified atom stereocenters. The Hall–Kier alpha value is -3.01. The largest absolute Gasteiger partial charge is 0.450 e. The van der Waals surface area contributed by atoms with Gasteiger partial charge in [-0.05, 0) is 37.3 Å². The van der Waals surface area contributed by atoms with Crippen LogP contribution in [0.2, 0.25) is 0 Å². The number of carbonyl (C=O) groups is 3. The van der Waals surface area contributed by atoms with Crippen LogP contribution in [0.3, 0.4) is 0 Å². The standard InChI is InChI=1S/C21H17F3N2O4S/c1-12(18(28)25-14-6-4-5-13(11-14)21(22,23)24)30-19(29)20-10-9-17(27)26(20)15-7-2-3-8-16(15)31-20/h2-8,11-12H,9-10H2,1H3,(H,25,28)/t12-,20-/m0/s1. The summed E-state index contributed by atoms with van der Waals surface area (Å²) in [7, 11) is 0. The first-order valence-corrected chi connectivity index (χ1v) is 10.2. The number of anilines is 2. The van der Waals surface area contributed by atoms with Gasteiger partial charge in [0.1, 0.15) is 0 Å². The van der Waals surface area contributed by atoms with Crippen LogP contribution in [0.15, 0.2) is 53.4 Å². The topological polar surface area (TPSA) is 75.7 Å². The van der Waals surface area contributed by atoms with Crippen LogP contribution in [0.5, 0.6) is 0 Å². The van der Waals surface area contributed by atoms with Crippen molar-refractivity contribution in [1.29, 1.82) is 0 Å². The Bertz CT molecular complexity index is 1070. The average Bonchev–Trinajstić information content (AvgIpc) is 3.23. The predicted octanol–water partition coefficient (Wildman–Crippen LogP) is 4.20. The highest BCUT2D eigenvalue weighted by molar-refractivity contribution is 8.02. The third-order valence-corrected chi connectivity index (χ3v) is 6.56. The molecule has 31 heavy (non-hydrogen) atoms. The van der Waals surface area contributed by atoms with E-state index < -0.39 is 34.6 Å². The van der Waals surface area contributed by atoms with Crippen LogP contribution in [0.1, 0.15) is 25.3 Å². The van der Waals surface area contributed by atoms with Crippen molar-refractivity contribution in [3.63, 3.8) is 0 Å². The van der Waals surface area contributed by atoms with E-state index in [0.717, 1.165) is 17.0 Å². The number of alkyl halides is 3. The maximum atomic E-state index is 13.1. The van der Waals surface area contributed by atoms with Gasteiger partial charge in [-0.15, -0.1) is 0 Å². The van der Waals surface area contributed by atoms with Crippen LogP contribution in [0, 0.1) is 0 Å². The number of benzene rings is 2. The Balaban J connectivity index is 1.48. The molecule has 162 valence electrons. The van der Waals surface area contributed by atoms with Crippen LogP contribution in [-0.2, 0) is 25.3 Å². The summed E-state index contributed by atoms with van der Waals surface area (Å²) >= 11 is 1.20. The normalized spacial score (nSPS) is 20.8. The Labute approximate surface area is 179 Å². The number of nitrogens with one attached hydrogen (secondary N) is 1. The lowest BCUT2D eigenvalue weighted by atomic mass is 10.2. The van der Waals surface area contributed by atoms with Crippen molar-refractivity contribution in [2.24, 2.45) is 0 Å². The summed E-state index contributed by atoms with van der Waals surface area (Å²) < 4.78 is 43.9. The Kier molecular flexibility index (Phi) is 5.20. The molecule has 0 aliphatic carbocycles. The van der Waals surface area contributed by atoms with E-state index in [1.165, 1.54) is 35.7 Å². The van der Waals surface area contributed by atoms with Gasteiger partial charge >= 0.3 is 12.1 Å². The number of carbonyl (C=O) groups excluding carboxylic acids is 3. The molecule has 0 bridgehead atoms. The van der Waals surface area contributed by atoms with Gasteiger partial charge in [-0.1, -0.05) is 30.0 Å². The van der Waals surface area contributed by atoms with E-state index in [4.69, 9.17) is 4.74 Å². The number of amides is 2. The molecule has 10 heteroatoms. The van der Waals surface area contributed by atoms with Gasteiger partial charge in [-0.3, -0.25) is 14.5 Å². The number of para-hydroxylation sites is 1. The van der Waals surface area contributed by atoms with Crippen molar-refractivity contribution >= 4 is 40.9 Å². The fourth-order valence-electron chi connectivity index (χ4n) is 3.60. The van der Waals surface area contributed by atoms with Gasteiger partial charge < -0.3 is 10.1 Å². The zero-order valence-electron chi connectivity index (χ0n) is 16.2. The van der Waals surface area contributed by atoms with Crippen molar-refractivity contribution in [2.45, 2.75) is 41.8 Å². The number of halogens is 3. The fraction of sp³-hybridized carbons (Fsp3) is 0.286. The molecule has 1 N–H and O–H groups in total. The second-order valence-corrected chi connectivity index (χ2v) is 8.52. The van der Waals surface area contributed by atoms with Crippen molar-refractivity contribution in [2.75, 3.05) is 10.2 Å². The molecule has 4 rings (SSSR count). The molecule has 2 aliphatic rings. The third kappa shape index (κ3) is 3.76. The minimum atomic E-state index is -4.55. The number of rotatable bonds is 4. The van der Waals surface area contributed by atoms with Crippen LogP contribution < -0.4 is 10.2 Å². The van der Waals surface area contributed by atoms with E-state index in [0.29, 0.717) is 5.69 Å². The second kappa shape index (κ2) is 7.60. The van der Waals surface area contributed by atoms with Gasteiger partial charge in [0.2, 0.25) is 5.91 Å². The van der Waals surface area contributed by atoms with Crippen LogP contribution in [-0.4, -0.2) is 28.8 Å². The van der Waals surface area contributed by atoms with Crippen molar-refractivity contribution in [3.05, 3.63) is 54.1 Å². The Morgan fingerprint density at radius 2 is 1.94 bits per heavy atom. The van der Waals surface area contributed by atoms with E-state index in [2.05, 4.69) is 5.32 Å². The van der Waals surface area contributed by atoms with Gasteiger partial charge in [0.15, 0.2) is 11.0 Å². The lowest BCUT2D eigenvalue weighted by molar-refractivity contribution is -0.155. The molecule has 2 aromatic rings. The highest BCUT2D eigenvalue weighted by Crippen LogP contribution is 2.56. The van der Waals surface area contributed by atoms with Crippen LogP contribution in [0.4, 0.5) is 24.5 Å². The highest BCUT2D eigenvalue weighted by Gasteiger charge is 2.59. The number of hydrogen-bond acceptors (Lipinski definition) is 5. The fourth-order valence-corrected chi connectivity index (χ4v) is 5.00. The summed E-state index contributed by atoms with van der Waals surface area (Å²) in [6, 6.07) is 11.3. The maximum absolute atomic E-state index is 13.1. The molecule has 0 spiro atoms. The summed E-state index contributed by atoms with van der Waals surface area (Å²) in [4.78, 5) is 38.8. The van der Waals surface area contributed by atoms with Crippen molar-refractivity contribution < 1.29 is 32.3 Å². The smallest absolute Gasteiger partial charge is 0.416 e. The number of nitrogens with zero attached hydrogens (tertiary/aromatic N) is 1. The second-order valence-electron chi connectivity index (χ2n) is 7.20. The molecular weight excluding hydrogens is 433 g/mol. The summed E-state index contributed by atoms with van der Waals surface area (Å²) in [5, 5.41) is 2.33. The number of fused-ring (bicyclic) bond motifs is 3. The molecule has 1 fully saturated rings. The molecule has 1 saturated heterocycles. The summed E-state index contributed by atoms with van der Waals surface area (Å²) in [5.41, 5.74) is -0.358. The summed E-state index contributed by atoms with van der Waals surface area (Å²) in [6.45, 7) is 1.32. The van der Waals surface area contributed by atoms with E-state index in [1.807, 2.05) is 0 Å². The van der Waals surface area contributed by atoms with E-state index >= 15 is 0 Å². The molecule has 6 nitrogen and oxygen atoms in total. The summed E-state index contributed by atoms with van der Waals surface area (Å²) in [5.74, 6) is -1.73. The minimum absolute atomic E-state index is 0.0683. The van der Waals surface area contributed by atoms with Crippen LogP contribution in [0.25, 0.3) is 0 Å². The van der Waals surface area contributed by atoms with E-state index in [1.54, 1.807) is 24.3 Å². The van der Waals surface area contributed by atoms with Gasteiger partial charge in [0.25, 0.3) is 5.91 Å². The Morgan fingerprint density at radius 1 is 1.19 bits per heavy atom. The Morgan fingerprint density at radius 3 is 2.68 bits per heavy atom. The molecule has 0 radical (unpaired) electrons. The number of thioether (sulfide) groups is 1. The molecular formula is C21H17F3N2O4S. The predicted molar refractivity (Wildman–Crippen MR) is 107 cm³/mol. The van der Waals surface area contributed by atoms with Crippen molar-refractivity contribution in [1.82, 2.24) is 0 Å². The monoisotopic (exact) mass is 450 g/mol. The van der Waals surface area contributed by atoms with Crippen LogP contribution >= 0.6 is 11.8 Å². The molecule has 0 aromatic heterocycles. The number of ether oxygens (including phenoxy) is 1. The lowest BCUT2D eigenvalue weighted by Gasteiger charge is -2.29. The minimum Gasteiger partial charge on any atom is -0.450 e. The zero-order valence-corrected chi connectivity index (χ0v) is 17.0. The maximum Gasteiger partial charge on any atom is 0.416 e. The first-order chi connectivity index (χ1) is 14.6. The van der Waals surface area contributed by atoms with Gasteiger partial charge in [-0.25, -0.2) is 4.79 Å². The SMILES string of the molecule is C[C@H](OC(=O)[C@@]12CCC(=O)N1c1ccccc1S2)C(=O)Nc1cccc(C(F)(F)F)c1. The number of esters is 1. The lowest BCUT2D eigenvalue weighted by Crippen LogP contribution is -2.49. The molecule has 2 aromatic carbocycles. The molecule has 2 amide bonds. The zero-order chi connectivity index (χ0) is 22.4. The molecule has 2 aliphatic heterocycles. The third-order valence-electron chi connectivity index (χ3n) is 5.10. The molecule has 2 atom stereocenters. The van der Waals surface area contributed by atoms with E-state index in [-0.39, 0.29) is 24.4 Å². The van der Waals surface area contributed by atoms with E-state index in [9.17, 15) is 27.6 Å². The quantitative estimate of drug-likeness (QED) is 0.707. The molecule has 2 heterocycles. The molecule has 0 saturated carbocycles. The summed E-state index contributed by atoms with van der Waals surface area (Å²) in [6.07, 6.45) is -5.43. The first-order valence-electron chi connectivity index (χ1n) is 9.42. The number of hydrogen-bond donors (Lipinski definition) is 1. The highest BCUT2D eigenvalue weighted by atomic mass is 32.2. The first kappa shape index (κ1) is 21.2.